The Morgan fingerprint density at radius 1 is 1.08 bits per heavy atom. The molecule has 1 aromatic rings. The SMILES string of the molecule is CC[C@@H]1C[C@]1(NC(=O)[C@@H]1C[C@@H]2CN1C(=O)[C@H](C(C)(C)C)NC(=O)OCC(C)(C)CCCc1cccc3c1CN(C3)C(=O)O2)C(=O)NS(=O)(=O)C1CC1. The first-order valence-corrected chi connectivity index (χ1v) is 20.1. The number of aryl methyl sites for hydroxylation is 1. The van der Waals surface area contributed by atoms with Crippen LogP contribution in [0.1, 0.15) is 103 Å². The Morgan fingerprint density at radius 2 is 1.79 bits per heavy atom. The fourth-order valence-electron chi connectivity index (χ4n) is 7.81. The zero-order chi connectivity index (χ0) is 37.8. The number of nitrogens with zero attached hydrogens (tertiary/aromatic N) is 2. The van der Waals surface area contributed by atoms with E-state index in [9.17, 15) is 32.4 Å². The Labute approximate surface area is 306 Å². The molecule has 4 bridgehead atoms. The van der Waals surface area contributed by atoms with E-state index in [1.807, 2.05) is 32.9 Å². The summed E-state index contributed by atoms with van der Waals surface area (Å²) in [7, 11) is -3.87. The van der Waals surface area contributed by atoms with E-state index in [1.165, 1.54) is 4.90 Å². The second-order valence-corrected chi connectivity index (χ2v) is 19.1. The summed E-state index contributed by atoms with van der Waals surface area (Å²) in [5, 5.41) is 4.94. The summed E-state index contributed by atoms with van der Waals surface area (Å²) in [5.74, 6) is -2.34. The standard InChI is InChI=1S/C37H53N5O9S/c1-7-24-17-37(24,32(45)40-52(48,49)26-13-14-26)39-30(43)28-16-25-19-42(28)31(44)29(35(2,3)4)38-33(46)50-21-36(5,6)15-9-12-22-10-8-11-23-18-41(20-27(22)23)34(47)51-25/h8,10-11,24-26,28-29H,7,9,12-21H2,1-6H3,(H,38,46)(H,39,43)(H,40,45)/t24-,25-,28+,29-,37-/m1/s1. The van der Waals surface area contributed by atoms with Gasteiger partial charge in [-0.25, -0.2) is 18.0 Å². The minimum Gasteiger partial charge on any atom is -0.449 e. The van der Waals surface area contributed by atoms with Crippen LogP contribution in [-0.4, -0.2) is 90.3 Å². The van der Waals surface area contributed by atoms with Gasteiger partial charge in [-0.3, -0.25) is 24.0 Å². The maximum Gasteiger partial charge on any atom is 0.410 e. The van der Waals surface area contributed by atoms with Gasteiger partial charge in [0.15, 0.2) is 0 Å². The number of nitrogens with one attached hydrogen (secondary N) is 3. The second-order valence-electron chi connectivity index (χ2n) is 17.1. The van der Waals surface area contributed by atoms with Crippen molar-refractivity contribution in [1.29, 1.82) is 0 Å². The molecular weight excluding hydrogens is 691 g/mol. The fourth-order valence-corrected chi connectivity index (χ4v) is 9.17. The van der Waals surface area contributed by atoms with Crippen LogP contribution in [-0.2, 0) is 53.4 Å². The lowest BCUT2D eigenvalue weighted by atomic mass is 9.85. The molecule has 2 saturated carbocycles. The number of hydrogen-bond donors (Lipinski definition) is 3. The smallest absolute Gasteiger partial charge is 0.410 e. The average Bonchev–Trinajstić information content (AvgIpc) is 3.95. The maximum atomic E-state index is 14.5. The first-order chi connectivity index (χ1) is 24.3. The highest BCUT2D eigenvalue weighted by Crippen LogP contribution is 2.47. The zero-order valence-corrected chi connectivity index (χ0v) is 31.9. The van der Waals surface area contributed by atoms with Gasteiger partial charge in [0, 0.05) is 19.5 Å². The van der Waals surface area contributed by atoms with Gasteiger partial charge in [-0.1, -0.05) is 66.2 Å². The van der Waals surface area contributed by atoms with Crippen molar-refractivity contribution >= 4 is 39.9 Å². The van der Waals surface area contributed by atoms with Crippen molar-refractivity contribution in [3.63, 3.8) is 0 Å². The number of benzene rings is 1. The molecule has 1 saturated heterocycles. The Hall–Kier alpha value is -3.88. The predicted octanol–water partition coefficient (Wildman–Crippen LogP) is 3.51. The highest BCUT2D eigenvalue weighted by molar-refractivity contribution is 7.91. The molecule has 0 unspecified atom stereocenters. The zero-order valence-electron chi connectivity index (χ0n) is 31.1. The fraction of sp³-hybridized carbons (Fsp3) is 0.703. The summed E-state index contributed by atoms with van der Waals surface area (Å²) in [6, 6.07) is 3.76. The van der Waals surface area contributed by atoms with Gasteiger partial charge in [0.25, 0.3) is 5.91 Å². The third kappa shape index (κ3) is 7.89. The van der Waals surface area contributed by atoms with E-state index in [4.69, 9.17) is 9.47 Å². The molecule has 6 rings (SSSR count). The highest BCUT2D eigenvalue weighted by atomic mass is 32.2. The van der Waals surface area contributed by atoms with Crippen molar-refractivity contribution in [2.24, 2.45) is 16.7 Å². The van der Waals surface area contributed by atoms with Gasteiger partial charge in [-0.15, -0.1) is 0 Å². The lowest BCUT2D eigenvalue weighted by Crippen LogP contribution is -2.60. The summed E-state index contributed by atoms with van der Waals surface area (Å²) in [5.41, 5.74) is 0.649. The van der Waals surface area contributed by atoms with Gasteiger partial charge in [0.05, 0.1) is 18.4 Å². The van der Waals surface area contributed by atoms with Crippen LogP contribution in [0.4, 0.5) is 9.59 Å². The molecule has 3 aliphatic heterocycles. The van der Waals surface area contributed by atoms with Crippen LogP contribution in [0.25, 0.3) is 0 Å². The van der Waals surface area contributed by atoms with Gasteiger partial charge >= 0.3 is 12.2 Å². The lowest BCUT2D eigenvalue weighted by Gasteiger charge is -2.35. The average molecular weight is 744 g/mol. The van der Waals surface area contributed by atoms with E-state index in [0.717, 1.165) is 36.0 Å². The van der Waals surface area contributed by atoms with Crippen molar-refractivity contribution in [3.8, 4) is 0 Å². The number of rotatable bonds is 6. The summed E-state index contributed by atoms with van der Waals surface area (Å²) >= 11 is 0. The first kappa shape index (κ1) is 37.9. The van der Waals surface area contributed by atoms with Crippen LogP contribution < -0.4 is 15.4 Å². The third-order valence-electron chi connectivity index (χ3n) is 11.3. The Kier molecular flexibility index (Phi) is 10.1. The van der Waals surface area contributed by atoms with Gasteiger partial charge < -0.3 is 25.0 Å². The number of amides is 5. The van der Waals surface area contributed by atoms with Crippen LogP contribution in [0.15, 0.2) is 18.2 Å². The summed E-state index contributed by atoms with van der Waals surface area (Å²) < 4.78 is 39.2. The highest BCUT2D eigenvalue weighted by Gasteiger charge is 2.62. The van der Waals surface area contributed by atoms with Crippen molar-refractivity contribution in [2.75, 3.05) is 13.2 Å². The van der Waals surface area contributed by atoms with Crippen LogP contribution in [0.2, 0.25) is 0 Å². The number of alkyl carbamates (subject to hydrolysis) is 1. The molecule has 14 nitrogen and oxygen atoms in total. The lowest BCUT2D eigenvalue weighted by molar-refractivity contribution is -0.143. The number of sulfonamides is 1. The predicted molar refractivity (Wildman–Crippen MR) is 190 cm³/mol. The van der Waals surface area contributed by atoms with Crippen molar-refractivity contribution in [2.45, 2.75) is 135 Å². The summed E-state index contributed by atoms with van der Waals surface area (Å²) in [6.45, 7) is 12.0. The molecule has 3 N–H and O–H groups in total. The molecular formula is C37H53N5O9S. The molecule has 286 valence electrons. The van der Waals surface area contributed by atoms with Gasteiger partial charge in [-0.2, -0.15) is 0 Å². The number of fused-ring (bicyclic) bond motifs is 3. The number of carbonyl (C=O) groups excluding carboxylic acids is 5. The van der Waals surface area contributed by atoms with Crippen molar-refractivity contribution < 1.29 is 41.9 Å². The second kappa shape index (κ2) is 13.8. The molecule has 5 atom stereocenters. The molecule has 0 aromatic heterocycles. The Morgan fingerprint density at radius 3 is 2.44 bits per heavy atom. The molecule has 3 heterocycles. The quantitative estimate of drug-likeness (QED) is 0.393. The third-order valence-corrected chi connectivity index (χ3v) is 13.1. The first-order valence-electron chi connectivity index (χ1n) is 18.5. The van der Waals surface area contributed by atoms with Crippen molar-refractivity contribution in [1.82, 2.24) is 25.2 Å². The Bertz CT molecular complexity index is 1740. The van der Waals surface area contributed by atoms with E-state index in [2.05, 4.69) is 21.4 Å². The van der Waals surface area contributed by atoms with Gasteiger partial charge in [0.1, 0.15) is 23.7 Å². The molecule has 5 amide bonds. The summed E-state index contributed by atoms with van der Waals surface area (Å²) in [6.07, 6.45) is 1.85. The molecule has 1 aromatic carbocycles. The van der Waals surface area contributed by atoms with Crippen LogP contribution in [0, 0.1) is 16.7 Å². The monoisotopic (exact) mass is 743 g/mol. The molecule has 3 fully saturated rings. The largest absolute Gasteiger partial charge is 0.449 e. The Balaban J connectivity index is 1.28. The van der Waals surface area contributed by atoms with E-state index < -0.39 is 74.3 Å². The van der Waals surface area contributed by atoms with Crippen LogP contribution >= 0.6 is 0 Å². The molecule has 0 radical (unpaired) electrons. The van der Waals surface area contributed by atoms with Crippen molar-refractivity contribution in [3.05, 3.63) is 34.9 Å². The van der Waals surface area contributed by atoms with E-state index in [-0.39, 0.29) is 37.3 Å². The van der Waals surface area contributed by atoms with E-state index in [1.54, 1.807) is 25.7 Å². The normalized spacial score (nSPS) is 29.5. The van der Waals surface area contributed by atoms with E-state index >= 15 is 0 Å². The molecule has 15 heteroatoms. The number of carbonyl (C=O) groups is 5. The molecule has 52 heavy (non-hydrogen) atoms. The molecule has 2 aliphatic carbocycles. The van der Waals surface area contributed by atoms with Gasteiger partial charge in [0.2, 0.25) is 21.8 Å². The maximum absolute atomic E-state index is 14.5. The minimum absolute atomic E-state index is 0.0558. The number of hydrogen-bond acceptors (Lipinski definition) is 9. The topological polar surface area (TPSA) is 181 Å². The molecule has 0 spiro atoms. The number of ether oxygens (including phenoxy) is 2. The molecule has 5 aliphatic rings. The van der Waals surface area contributed by atoms with Gasteiger partial charge in [-0.05, 0) is 72.0 Å². The van der Waals surface area contributed by atoms with Crippen LogP contribution in [0.3, 0.4) is 0 Å². The van der Waals surface area contributed by atoms with Crippen LogP contribution in [0.5, 0.6) is 0 Å². The summed E-state index contributed by atoms with van der Waals surface area (Å²) in [4.78, 5) is 72.0. The minimum atomic E-state index is -3.87. The number of cyclic esters (lactones) is 1. The van der Waals surface area contributed by atoms with E-state index in [0.29, 0.717) is 32.4 Å².